The van der Waals surface area contributed by atoms with Crippen molar-refractivity contribution in [2.24, 2.45) is 0 Å². The third kappa shape index (κ3) is 3.11. The molecule has 0 fully saturated rings. The standard InChI is InChI=1S/C23H22N2O4S/c1-12-11-17(29-4)18(19-16-9-10-30-21(16)22(26)24-20(12)19)15-7-5-14(6-8-15)13(2)25(3)23(27)28/h5-11,13H,1-4H3,(H,24,26)(H,27,28). The van der Waals surface area contributed by atoms with E-state index >= 15 is 0 Å². The Hall–Kier alpha value is -3.32. The molecule has 0 saturated carbocycles. The molecule has 6 nitrogen and oxygen atoms in total. The number of thiophene rings is 1. The predicted octanol–water partition coefficient (Wildman–Crippen LogP) is 5.40. The average Bonchev–Trinajstić information content (AvgIpc) is 3.24. The minimum absolute atomic E-state index is 0.0902. The van der Waals surface area contributed by atoms with Crippen molar-refractivity contribution in [3.63, 3.8) is 0 Å². The molecule has 0 bridgehead atoms. The van der Waals surface area contributed by atoms with Crippen LogP contribution in [0.5, 0.6) is 5.75 Å². The SMILES string of the molecule is COc1cc(C)c2[nH]c(=O)c3sccc3c2c1-c1ccc(C(C)N(C)C(=O)O)cc1. The fourth-order valence-electron chi connectivity index (χ4n) is 3.83. The van der Waals surface area contributed by atoms with Crippen LogP contribution < -0.4 is 10.3 Å². The molecule has 2 aromatic heterocycles. The summed E-state index contributed by atoms with van der Waals surface area (Å²) < 4.78 is 6.40. The second-order valence-corrected chi connectivity index (χ2v) is 8.25. The number of nitrogens with one attached hydrogen (secondary N) is 1. The highest BCUT2D eigenvalue weighted by atomic mass is 32.1. The summed E-state index contributed by atoms with van der Waals surface area (Å²) in [7, 11) is 3.19. The molecule has 0 saturated heterocycles. The summed E-state index contributed by atoms with van der Waals surface area (Å²) in [5.74, 6) is 0.725. The number of aromatic nitrogens is 1. The van der Waals surface area contributed by atoms with Crippen molar-refractivity contribution in [3.05, 3.63) is 63.3 Å². The van der Waals surface area contributed by atoms with E-state index in [1.54, 1.807) is 14.2 Å². The molecular weight excluding hydrogens is 400 g/mol. The lowest BCUT2D eigenvalue weighted by atomic mass is 9.94. The first-order valence-electron chi connectivity index (χ1n) is 9.50. The van der Waals surface area contributed by atoms with E-state index in [1.807, 2.05) is 55.6 Å². The van der Waals surface area contributed by atoms with Gasteiger partial charge in [0.15, 0.2) is 0 Å². The maximum Gasteiger partial charge on any atom is 0.407 e. The lowest BCUT2D eigenvalue weighted by molar-refractivity contribution is 0.142. The average molecular weight is 423 g/mol. The number of hydrogen-bond donors (Lipinski definition) is 2. The topological polar surface area (TPSA) is 82.6 Å². The zero-order valence-corrected chi connectivity index (χ0v) is 18.0. The van der Waals surface area contributed by atoms with Gasteiger partial charge in [0.25, 0.3) is 5.56 Å². The molecular formula is C23H22N2O4S. The van der Waals surface area contributed by atoms with E-state index in [4.69, 9.17) is 4.74 Å². The minimum Gasteiger partial charge on any atom is -0.496 e. The van der Waals surface area contributed by atoms with Gasteiger partial charge in [-0.05, 0) is 48.1 Å². The number of carbonyl (C=O) groups is 1. The summed E-state index contributed by atoms with van der Waals surface area (Å²) in [5, 5.41) is 13.0. The number of pyridine rings is 1. The number of H-pyrrole nitrogens is 1. The van der Waals surface area contributed by atoms with Gasteiger partial charge in [0, 0.05) is 23.4 Å². The number of ether oxygens (including phenoxy) is 1. The molecule has 2 aromatic carbocycles. The van der Waals surface area contributed by atoms with E-state index in [-0.39, 0.29) is 11.6 Å². The van der Waals surface area contributed by atoms with Crippen LogP contribution in [0.1, 0.15) is 24.1 Å². The van der Waals surface area contributed by atoms with E-state index in [9.17, 15) is 14.7 Å². The molecule has 1 unspecified atom stereocenters. The number of aryl methyl sites for hydroxylation is 1. The third-order valence-electron chi connectivity index (χ3n) is 5.65. The van der Waals surface area contributed by atoms with Crippen molar-refractivity contribution in [2.45, 2.75) is 19.9 Å². The maximum absolute atomic E-state index is 12.5. The molecule has 1 atom stereocenters. The zero-order chi connectivity index (χ0) is 21.6. The molecule has 4 aromatic rings. The Bertz CT molecular complexity index is 1320. The fourth-order valence-corrected chi connectivity index (χ4v) is 4.63. The van der Waals surface area contributed by atoms with Gasteiger partial charge in [-0.3, -0.25) is 4.79 Å². The van der Waals surface area contributed by atoms with E-state index in [0.29, 0.717) is 4.70 Å². The highest BCUT2D eigenvalue weighted by Gasteiger charge is 2.20. The molecule has 0 aliphatic carbocycles. The molecule has 0 aliphatic heterocycles. The minimum atomic E-state index is -0.971. The molecule has 30 heavy (non-hydrogen) atoms. The van der Waals surface area contributed by atoms with Gasteiger partial charge in [-0.1, -0.05) is 24.3 Å². The van der Waals surface area contributed by atoms with Gasteiger partial charge >= 0.3 is 6.09 Å². The summed E-state index contributed by atoms with van der Waals surface area (Å²) in [6, 6.07) is 11.4. The lowest BCUT2D eigenvalue weighted by Gasteiger charge is -2.22. The van der Waals surface area contributed by atoms with Crippen LogP contribution in [0, 0.1) is 6.92 Å². The first kappa shape index (κ1) is 20.0. The summed E-state index contributed by atoms with van der Waals surface area (Å²) in [4.78, 5) is 28.1. The molecule has 0 aliphatic rings. The van der Waals surface area contributed by atoms with E-state index in [0.717, 1.165) is 44.3 Å². The van der Waals surface area contributed by atoms with Gasteiger partial charge < -0.3 is 19.7 Å². The quantitative estimate of drug-likeness (QED) is 0.461. The zero-order valence-electron chi connectivity index (χ0n) is 17.1. The number of methoxy groups -OCH3 is 1. The molecule has 154 valence electrons. The van der Waals surface area contributed by atoms with Gasteiger partial charge in [-0.25, -0.2) is 4.79 Å². The van der Waals surface area contributed by atoms with Crippen LogP contribution in [0.4, 0.5) is 4.79 Å². The summed E-state index contributed by atoms with van der Waals surface area (Å²) in [5.41, 5.74) is 4.38. The number of fused-ring (bicyclic) bond motifs is 3. The van der Waals surface area contributed by atoms with Crippen LogP contribution in [0.2, 0.25) is 0 Å². The van der Waals surface area contributed by atoms with Crippen molar-refractivity contribution in [1.29, 1.82) is 0 Å². The first-order chi connectivity index (χ1) is 14.3. The van der Waals surface area contributed by atoms with Crippen LogP contribution in [-0.2, 0) is 0 Å². The van der Waals surface area contributed by atoms with Crippen LogP contribution >= 0.6 is 11.3 Å². The Kier molecular flexibility index (Phi) is 4.99. The van der Waals surface area contributed by atoms with Crippen molar-refractivity contribution in [1.82, 2.24) is 9.88 Å². The van der Waals surface area contributed by atoms with E-state index in [2.05, 4.69) is 4.98 Å². The van der Waals surface area contributed by atoms with Crippen LogP contribution in [0.15, 0.2) is 46.6 Å². The second kappa shape index (κ2) is 7.50. The third-order valence-corrected chi connectivity index (χ3v) is 6.57. The number of hydrogen-bond acceptors (Lipinski definition) is 4. The van der Waals surface area contributed by atoms with Crippen molar-refractivity contribution in [3.8, 4) is 16.9 Å². The Balaban J connectivity index is 1.96. The van der Waals surface area contributed by atoms with Gasteiger partial charge in [0.2, 0.25) is 0 Å². The van der Waals surface area contributed by atoms with Crippen LogP contribution in [-0.4, -0.2) is 35.2 Å². The van der Waals surface area contributed by atoms with E-state index in [1.165, 1.54) is 16.2 Å². The molecule has 4 rings (SSSR count). The maximum atomic E-state index is 12.5. The number of amides is 1. The largest absolute Gasteiger partial charge is 0.496 e. The number of benzene rings is 2. The van der Waals surface area contributed by atoms with Gasteiger partial charge in [-0.2, -0.15) is 0 Å². The van der Waals surface area contributed by atoms with E-state index < -0.39 is 6.09 Å². The number of nitrogens with zero attached hydrogens (tertiary/aromatic N) is 1. The van der Waals surface area contributed by atoms with Crippen molar-refractivity contribution >= 4 is 38.4 Å². The summed E-state index contributed by atoms with van der Waals surface area (Å²) in [6.45, 7) is 3.81. The highest BCUT2D eigenvalue weighted by Crippen LogP contribution is 2.42. The van der Waals surface area contributed by atoms with Gasteiger partial charge in [0.05, 0.1) is 18.7 Å². The molecule has 7 heteroatoms. The van der Waals surface area contributed by atoms with Crippen molar-refractivity contribution < 1.29 is 14.6 Å². The molecule has 2 N–H and O–H groups in total. The number of aromatic amines is 1. The Labute approximate surface area is 177 Å². The van der Waals surface area contributed by atoms with Crippen LogP contribution in [0.25, 0.3) is 32.1 Å². The number of carboxylic acid groups (broad SMARTS) is 1. The van der Waals surface area contributed by atoms with Gasteiger partial charge in [0.1, 0.15) is 10.4 Å². The van der Waals surface area contributed by atoms with Gasteiger partial charge in [-0.15, -0.1) is 11.3 Å². The normalized spacial score (nSPS) is 12.3. The molecule has 0 spiro atoms. The number of rotatable bonds is 4. The molecule has 0 radical (unpaired) electrons. The first-order valence-corrected chi connectivity index (χ1v) is 10.4. The monoisotopic (exact) mass is 422 g/mol. The smallest absolute Gasteiger partial charge is 0.407 e. The Morgan fingerprint density at radius 3 is 2.57 bits per heavy atom. The Morgan fingerprint density at radius 1 is 1.23 bits per heavy atom. The second-order valence-electron chi connectivity index (χ2n) is 7.33. The fraction of sp³-hybridized carbons (Fsp3) is 0.217. The molecule has 2 heterocycles. The molecule has 1 amide bonds. The lowest BCUT2D eigenvalue weighted by Crippen LogP contribution is -2.27. The van der Waals surface area contributed by atoms with Crippen molar-refractivity contribution in [2.75, 3.05) is 14.2 Å². The highest BCUT2D eigenvalue weighted by molar-refractivity contribution is 7.17. The Morgan fingerprint density at radius 2 is 1.93 bits per heavy atom. The summed E-state index contributed by atoms with van der Waals surface area (Å²) >= 11 is 1.42. The van der Waals surface area contributed by atoms with Crippen LogP contribution in [0.3, 0.4) is 0 Å². The summed E-state index contributed by atoms with van der Waals surface area (Å²) in [6.07, 6.45) is -0.971. The predicted molar refractivity (Wildman–Crippen MR) is 121 cm³/mol.